The molecule has 4 rings (SSSR count). The second-order valence-electron chi connectivity index (χ2n) is 10.9. The Labute approximate surface area is 232 Å². The van der Waals surface area contributed by atoms with Gasteiger partial charge in [-0.15, -0.1) is 0 Å². The smallest absolute Gasteiger partial charge is 0.243 e. The molecule has 210 valence electrons. The molecular weight excluding hydrogens is 514 g/mol. The van der Waals surface area contributed by atoms with E-state index >= 15 is 0 Å². The van der Waals surface area contributed by atoms with E-state index in [2.05, 4.69) is 17.3 Å². The minimum absolute atomic E-state index is 0.110. The van der Waals surface area contributed by atoms with Crippen molar-refractivity contribution in [2.24, 2.45) is 5.92 Å². The van der Waals surface area contributed by atoms with Crippen molar-refractivity contribution < 1.29 is 17.9 Å². The van der Waals surface area contributed by atoms with Crippen LogP contribution in [0.25, 0.3) is 0 Å². The van der Waals surface area contributed by atoms with Crippen molar-refractivity contribution in [3.63, 3.8) is 0 Å². The fourth-order valence-corrected chi connectivity index (χ4v) is 7.64. The number of nitriles is 1. The van der Waals surface area contributed by atoms with E-state index in [4.69, 9.17) is 4.74 Å². The van der Waals surface area contributed by atoms with Crippen molar-refractivity contribution in [1.82, 2.24) is 14.1 Å². The van der Waals surface area contributed by atoms with Crippen LogP contribution in [0.1, 0.15) is 37.8 Å². The van der Waals surface area contributed by atoms with Gasteiger partial charge < -0.3 is 15.0 Å². The molecule has 2 heterocycles. The number of amides is 1. The topological polar surface area (TPSA) is 106 Å². The summed E-state index contributed by atoms with van der Waals surface area (Å²) in [5, 5.41) is 12.2. The number of piperidine rings is 1. The van der Waals surface area contributed by atoms with E-state index in [0.717, 1.165) is 25.1 Å². The lowest BCUT2D eigenvalue weighted by molar-refractivity contribution is -0.118. The van der Waals surface area contributed by atoms with Crippen molar-refractivity contribution in [3.8, 4) is 11.8 Å². The number of nitrogens with one attached hydrogen (secondary N) is 1. The normalized spacial score (nSPS) is 23.2. The number of ether oxygens (including phenoxy) is 1. The highest BCUT2D eigenvalue weighted by Crippen LogP contribution is 2.30. The van der Waals surface area contributed by atoms with E-state index in [9.17, 15) is 18.5 Å². The number of piperazine rings is 1. The first-order valence-electron chi connectivity index (χ1n) is 13.6. The number of hydrogen-bond acceptors (Lipinski definition) is 7. The average Bonchev–Trinajstić information content (AvgIpc) is 2.88. The summed E-state index contributed by atoms with van der Waals surface area (Å²) in [7, 11) is -1.66. The Morgan fingerprint density at radius 3 is 2.54 bits per heavy atom. The minimum atomic E-state index is -3.79. The number of rotatable bonds is 8. The predicted octanol–water partition coefficient (Wildman–Crippen LogP) is 3.31. The molecular formula is C29H39N5O4S. The lowest BCUT2D eigenvalue weighted by atomic mass is 9.99. The number of anilines is 1. The molecule has 2 aromatic carbocycles. The number of hydrogen-bond donors (Lipinski definition) is 1. The molecule has 0 saturated carbocycles. The second-order valence-corrected chi connectivity index (χ2v) is 12.8. The number of aryl methyl sites for hydroxylation is 1. The molecule has 39 heavy (non-hydrogen) atoms. The lowest BCUT2D eigenvalue weighted by Gasteiger charge is -2.43. The molecule has 2 fully saturated rings. The Bertz CT molecular complexity index is 1310. The first-order valence-corrected chi connectivity index (χ1v) is 15.0. The van der Waals surface area contributed by atoms with Gasteiger partial charge in [-0.2, -0.15) is 9.57 Å². The van der Waals surface area contributed by atoms with Crippen LogP contribution >= 0.6 is 0 Å². The van der Waals surface area contributed by atoms with Gasteiger partial charge in [0.15, 0.2) is 0 Å². The summed E-state index contributed by atoms with van der Waals surface area (Å²) in [6.07, 6.45) is 2.30. The second kappa shape index (κ2) is 12.5. The summed E-state index contributed by atoms with van der Waals surface area (Å²) >= 11 is 0. The molecule has 0 spiro atoms. The number of likely N-dealkylation sites (tertiary alicyclic amines) is 1. The van der Waals surface area contributed by atoms with Crippen molar-refractivity contribution in [2.45, 2.75) is 50.6 Å². The third-order valence-electron chi connectivity index (χ3n) is 7.52. The average molecular weight is 554 g/mol. The highest BCUT2D eigenvalue weighted by Gasteiger charge is 2.39. The molecule has 9 nitrogen and oxygen atoms in total. The largest absolute Gasteiger partial charge is 0.491 e. The highest BCUT2D eigenvalue weighted by atomic mass is 32.2. The van der Waals surface area contributed by atoms with Crippen molar-refractivity contribution in [3.05, 3.63) is 53.6 Å². The number of carbonyl (C=O) groups is 1. The summed E-state index contributed by atoms with van der Waals surface area (Å²) in [5.41, 5.74) is 1.92. The lowest BCUT2D eigenvalue weighted by Crippen LogP contribution is -2.59. The quantitative estimate of drug-likeness (QED) is 0.535. The fourth-order valence-electron chi connectivity index (χ4n) is 5.79. The summed E-state index contributed by atoms with van der Waals surface area (Å²) in [4.78, 5) is 17.6. The van der Waals surface area contributed by atoms with E-state index in [1.807, 2.05) is 49.9 Å². The molecule has 0 bridgehead atoms. The van der Waals surface area contributed by atoms with Crippen LogP contribution in [0.15, 0.2) is 47.4 Å². The third-order valence-corrected chi connectivity index (χ3v) is 9.64. The van der Waals surface area contributed by atoms with E-state index in [1.165, 1.54) is 22.9 Å². The SMILES string of the molecule is Cc1cccc(OCC2CCCN(C)C2)c1NC(=O)CN1C[C@@H](C)N(S(=O)(=O)c2cccc(C#N)c2)[C@@H](C)C1. The van der Waals surface area contributed by atoms with E-state index < -0.39 is 10.0 Å². The fraction of sp³-hybridized carbons (Fsp3) is 0.517. The van der Waals surface area contributed by atoms with Gasteiger partial charge in [0.05, 0.1) is 35.4 Å². The zero-order chi connectivity index (χ0) is 28.2. The molecule has 10 heteroatoms. The molecule has 0 aliphatic carbocycles. The summed E-state index contributed by atoms with van der Waals surface area (Å²) in [6, 6.07) is 13.2. The number of nitrogens with zero attached hydrogens (tertiary/aromatic N) is 4. The Morgan fingerprint density at radius 1 is 1.13 bits per heavy atom. The molecule has 2 aliphatic rings. The Balaban J connectivity index is 1.38. The molecule has 2 saturated heterocycles. The summed E-state index contributed by atoms with van der Waals surface area (Å²) < 4.78 is 34.5. The van der Waals surface area contributed by atoms with Crippen LogP contribution in [-0.4, -0.2) is 86.9 Å². The van der Waals surface area contributed by atoms with Crippen LogP contribution in [0.5, 0.6) is 5.75 Å². The monoisotopic (exact) mass is 553 g/mol. The van der Waals surface area contributed by atoms with Crippen molar-refractivity contribution in [1.29, 1.82) is 5.26 Å². The van der Waals surface area contributed by atoms with Gasteiger partial charge >= 0.3 is 0 Å². The maximum absolute atomic E-state index is 13.4. The van der Waals surface area contributed by atoms with Gasteiger partial charge in [0.2, 0.25) is 15.9 Å². The number of benzene rings is 2. The van der Waals surface area contributed by atoms with Gasteiger partial charge in [-0.3, -0.25) is 9.69 Å². The maximum Gasteiger partial charge on any atom is 0.243 e. The van der Waals surface area contributed by atoms with Crippen LogP contribution in [0.3, 0.4) is 0 Å². The number of carbonyl (C=O) groups excluding carboxylic acids is 1. The Morgan fingerprint density at radius 2 is 1.85 bits per heavy atom. The Kier molecular flexibility index (Phi) is 9.28. The van der Waals surface area contributed by atoms with Crippen LogP contribution in [0, 0.1) is 24.2 Å². The minimum Gasteiger partial charge on any atom is -0.491 e. The zero-order valence-electron chi connectivity index (χ0n) is 23.3. The molecule has 1 amide bonds. The van der Waals surface area contributed by atoms with E-state index in [0.29, 0.717) is 42.6 Å². The highest BCUT2D eigenvalue weighted by molar-refractivity contribution is 7.89. The van der Waals surface area contributed by atoms with Gasteiger partial charge in [-0.05, 0) is 77.0 Å². The van der Waals surface area contributed by atoms with Crippen molar-refractivity contribution in [2.75, 3.05) is 51.7 Å². The van der Waals surface area contributed by atoms with Crippen molar-refractivity contribution >= 4 is 21.6 Å². The van der Waals surface area contributed by atoms with Gasteiger partial charge in [0.25, 0.3) is 0 Å². The molecule has 0 radical (unpaired) electrons. The molecule has 1 N–H and O–H groups in total. The van der Waals surface area contributed by atoms with Crippen LogP contribution in [0.4, 0.5) is 5.69 Å². The first-order chi connectivity index (χ1) is 18.6. The van der Waals surface area contributed by atoms with Gasteiger partial charge in [-0.25, -0.2) is 8.42 Å². The molecule has 3 atom stereocenters. The van der Waals surface area contributed by atoms with E-state index in [-0.39, 0.29) is 29.4 Å². The predicted molar refractivity (Wildman–Crippen MR) is 151 cm³/mol. The summed E-state index contributed by atoms with van der Waals surface area (Å²) in [6.45, 7) is 9.37. The molecule has 1 unspecified atom stereocenters. The van der Waals surface area contributed by atoms with Crippen LogP contribution in [-0.2, 0) is 14.8 Å². The number of para-hydroxylation sites is 1. The number of sulfonamides is 1. The van der Waals surface area contributed by atoms with Gasteiger partial charge in [-0.1, -0.05) is 18.2 Å². The third kappa shape index (κ3) is 6.97. The van der Waals surface area contributed by atoms with Crippen LogP contribution < -0.4 is 10.1 Å². The summed E-state index contributed by atoms with van der Waals surface area (Å²) in [5.74, 6) is 0.976. The Hall–Kier alpha value is -2.97. The molecule has 2 aromatic rings. The standard InChI is InChI=1S/C29H39N5O4S/c1-21-8-5-12-27(38-20-25-10-7-13-32(4)18-25)29(21)31-28(35)19-33-16-22(2)34(23(3)17-33)39(36,37)26-11-6-9-24(14-26)15-30/h5-6,8-9,11-12,14,22-23,25H,7,10,13,16-20H2,1-4H3,(H,31,35)/t22-,23+,25?. The van der Waals surface area contributed by atoms with E-state index in [1.54, 1.807) is 12.1 Å². The first kappa shape index (κ1) is 29.0. The van der Waals surface area contributed by atoms with Gasteiger partial charge in [0.1, 0.15) is 5.75 Å². The van der Waals surface area contributed by atoms with Gasteiger partial charge in [0, 0.05) is 37.6 Å². The molecule has 2 aliphatic heterocycles. The molecule has 0 aromatic heterocycles. The maximum atomic E-state index is 13.4. The van der Waals surface area contributed by atoms with Crippen LogP contribution in [0.2, 0.25) is 0 Å². The zero-order valence-corrected chi connectivity index (χ0v) is 24.1.